The van der Waals surface area contributed by atoms with Gasteiger partial charge in [-0.3, -0.25) is 14.8 Å². The van der Waals surface area contributed by atoms with Gasteiger partial charge in [0.25, 0.3) is 0 Å². The van der Waals surface area contributed by atoms with Gasteiger partial charge >= 0.3 is 0 Å². The van der Waals surface area contributed by atoms with E-state index in [0.29, 0.717) is 6.08 Å². The number of carbonyl (C=O) groups excluding carboxylic acids is 1. The number of nitrogens with zero attached hydrogens (tertiary/aromatic N) is 4. The quantitative estimate of drug-likeness (QED) is 0.191. The predicted octanol–water partition coefficient (Wildman–Crippen LogP) is 6.41. The fourth-order valence-electron chi connectivity index (χ4n) is 3.38. The molecule has 210 valence electrons. The van der Waals surface area contributed by atoms with Gasteiger partial charge in [0.15, 0.2) is 5.78 Å². The predicted molar refractivity (Wildman–Crippen MR) is 162 cm³/mol. The molecule has 0 saturated carbocycles. The summed E-state index contributed by atoms with van der Waals surface area (Å²) in [6.07, 6.45) is -0.907. The zero-order chi connectivity index (χ0) is 41.6. The number of rotatable bonds is 12. The summed E-state index contributed by atoms with van der Waals surface area (Å²) >= 11 is 6.46. The molecule has 0 saturated heterocycles. The van der Waals surface area contributed by atoms with Crippen molar-refractivity contribution in [3.8, 4) is 17.6 Å². The summed E-state index contributed by atoms with van der Waals surface area (Å²) in [7, 11) is 2.69. The zero-order valence-electron chi connectivity index (χ0n) is 36.4. The number of anilines is 2. The number of ether oxygens (including phenoxy) is 2. The molecule has 0 aliphatic rings. The Labute approximate surface area is 264 Å². The van der Waals surface area contributed by atoms with Crippen molar-refractivity contribution in [1.82, 2.24) is 14.9 Å². The lowest BCUT2D eigenvalue weighted by molar-refractivity contribution is -0.114. The van der Waals surface area contributed by atoms with E-state index in [1.807, 2.05) is 0 Å². The van der Waals surface area contributed by atoms with Gasteiger partial charge in [-0.15, -0.1) is 0 Å². The summed E-state index contributed by atoms with van der Waals surface area (Å²) in [5, 5.41) is 11.8. The van der Waals surface area contributed by atoms with Crippen LogP contribution in [0.1, 0.15) is 48.6 Å². The molecule has 0 amide bonds. The first-order chi connectivity index (χ1) is 25.3. The second-order valence-corrected chi connectivity index (χ2v) is 8.81. The molecule has 41 heavy (non-hydrogen) atoms. The van der Waals surface area contributed by atoms with Crippen LogP contribution in [0.4, 0.5) is 11.4 Å². The topological polar surface area (TPSA) is 100 Å². The SMILES string of the molecule is [2H]/C(=C\C(=O)Cc1c(OC([2H])([2H])C)c([2H])c2nc([2H])c(C#N)c(Nc3c([2H])c([2H])c(OCc4nc(C)c([2H])c([2H])c4[2H])c(Cl)c3[2H])c2c1[2H])C([2H])([2H])N(C)C. The number of carbonyl (C=O) groups is 1. The molecule has 4 aromatic rings. The van der Waals surface area contributed by atoms with E-state index in [2.05, 4.69) is 15.3 Å². The molecule has 0 aliphatic heterocycles. The van der Waals surface area contributed by atoms with Gasteiger partial charge in [-0.2, -0.15) is 5.26 Å². The van der Waals surface area contributed by atoms with Crippen LogP contribution in [0.15, 0.2) is 66.6 Å². The largest absolute Gasteiger partial charge is 0.494 e. The first-order valence-corrected chi connectivity index (χ1v) is 12.3. The van der Waals surface area contributed by atoms with Crippen LogP contribution in [-0.4, -0.2) is 47.8 Å². The van der Waals surface area contributed by atoms with Crippen molar-refractivity contribution in [2.24, 2.45) is 0 Å². The first kappa shape index (κ1) is 16.1. The lowest BCUT2D eigenvalue weighted by Gasteiger charge is -2.16. The summed E-state index contributed by atoms with van der Waals surface area (Å²) in [6, 6.07) is -3.54. The number of pyridine rings is 2. The third kappa shape index (κ3) is 7.82. The second-order valence-electron chi connectivity index (χ2n) is 8.44. The molecule has 1 N–H and O–H groups in total. The van der Waals surface area contributed by atoms with Gasteiger partial charge < -0.3 is 19.7 Å². The normalized spacial score (nSPS) is 17.0. The Balaban J connectivity index is 1.94. The Hall–Kier alpha value is -4.45. The van der Waals surface area contributed by atoms with Crippen LogP contribution in [0.25, 0.3) is 10.9 Å². The van der Waals surface area contributed by atoms with Gasteiger partial charge in [0, 0.05) is 50.2 Å². The lowest BCUT2D eigenvalue weighted by Crippen LogP contribution is -2.11. The van der Waals surface area contributed by atoms with Crippen LogP contribution in [-0.2, 0) is 17.8 Å². The minimum atomic E-state index is -2.49. The Morgan fingerprint density at radius 3 is 2.83 bits per heavy atom. The number of aromatic nitrogens is 2. The maximum absolute atomic E-state index is 13.3. The number of ketones is 1. The second kappa shape index (κ2) is 13.8. The van der Waals surface area contributed by atoms with Gasteiger partial charge in [0.2, 0.25) is 0 Å². The molecule has 2 aromatic carbocycles. The summed E-state index contributed by atoms with van der Waals surface area (Å²) in [5.41, 5.74) is -2.38. The van der Waals surface area contributed by atoms with E-state index in [1.165, 1.54) is 21.0 Å². The number of likely N-dealkylation sites (N-methyl/N-ethyl adjacent to an activating group) is 1. The smallest absolute Gasteiger partial charge is 0.159 e. The number of nitriles is 1. The third-order valence-corrected chi connectivity index (χ3v) is 5.34. The number of aryl methyl sites for hydroxylation is 1. The molecule has 0 atom stereocenters. The Morgan fingerprint density at radius 2 is 2.07 bits per heavy atom. The molecule has 0 spiro atoms. The molecule has 2 aromatic heterocycles. The highest BCUT2D eigenvalue weighted by atomic mass is 35.5. The van der Waals surface area contributed by atoms with Crippen molar-refractivity contribution in [2.75, 3.05) is 32.5 Å². The van der Waals surface area contributed by atoms with Gasteiger partial charge in [-0.25, -0.2) is 0 Å². The van der Waals surface area contributed by atoms with Gasteiger partial charge in [0.05, 0.1) is 50.5 Å². The van der Waals surface area contributed by atoms with Crippen molar-refractivity contribution in [3.05, 3.63) is 94.2 Å². The Morgan fingerprint density at radius 1 is 1.24 bits per heavy atom. The monoisotopic (exact) mass is 583 g/mol. The van der Waals surface area contributed by atoms with Crippen LogP contribution in [0.3, 0.4) is 0 Å². The molecule has 0 unspecified atom stereocenters. The molecular formula is C32H32ClN5O3. The van der Waals surface area contributed by atoms with Crippen LogP contribution in [0, 0.1) is 18.3 Å². The van der Waals surface area contributed by atoms with E-state index in [9.17, 15) is 10.1 Å². The number of allylic oxidation sites excluding steroid dienone is 1. The van der Waals surface area contributed by atoms with Gasteiger partial charge in [0.1, 0.15) is 24.2 Å². The van der Waals surface area contributed by atoms with Crippen LogP contribution in [0.5, 0.6) is 11.5 Å². The molecule has 0 bridgehead atoms. The van der Waals surface area contributed by atoms with Gasteiger partial charge in [-0.1, -0.05) is 23.7 Å². The standard InChI is InChI=1S/C32H32ClN5O3/c1-5-40-31-17-29-27(15-22(31)14-26(39)10-7-13-38(3)4)32(23(18-34)19-35-29)37-24-11-12-30(28(33)16-24)41-20-25-9-6-8-21(2)36-25/h6-12,15-17,19H,5,13-14,20H2,1-4H3,(H,35,37)/b10-7+/i5D2,6D,7D,8D,9D,11D,12D,13D2,15D,16D,17D,19D. The Kier molecular flexibility index (Phi) is 5.40. The van der Waals surface area contributed by atoms with Crippen molar-refractivity contribution in [1.29, 1.82) is 5.26 Å². The van der Waals surface area contributed by atoms with Crippen molar-refractivity contribution >= 4 is 39.7 Å². The molecule has 0 fully saturated rings. The van der Waals surface area contributed by atoms with E-state index in [0.717, 1.165) is 11.8 Å². The maximum atomic E-state index is 13.3. The van der Waals surface area contributed by atoms with E-state index in [1.54, 1.807) is 6.07 Å². The van der Waals surface area contributed by atoms with Crippen LogP contribution in [0.2, 0.25) is 5.02 Å². The van der Waals surface area contributed by atoms with Crippen molar-refractivity contribution in [2.45, 2.75) is 26.9 Å². The minimum Gasteiger partial charge on any atom is -0.494 e. The van der Waals surface area contributed by atoms with Crippen LogP contribution >= 0.6 is 11.6 Å². The van der Waals surface area contributed by atoms with E-state index >= 15 is 0 Å². The molecule has 9 heteroatoms. The average Bonchev–Trinajstić information content (AvgIpc) is 3.09. The molecule has 0 radical (unpaired) electrons. The molecular weight excluding hydrogens is 538 g/mol. The maximum Gasteiger partial charge on any atom is 0.159 e. The van der Waals surface area contributed by atoms with Gasteiger partial charge in [-0.05, 0) is 70.3 Å². The summed E-state index contributed by atoms with van der Waals surface area (Å²) in [6.45, 7) is -2.94. The van der Waals surface area contributed by atoms with E-state index in [4.69, 9.17) is 40.3 Å². The molecule has 4 rings (SSSR count). The molecule has 0 aliphatic carbocycles. The molecule has 2 heterocycles. The number of nitrogens with one attached hydrogen (secondary N) is 1. The lowest BCUT2D eigenvalue weighted by atomic mass is 10.0. The number of benzene rings is 2. The van der Waals surface area contributed by atoms with E-state index in [-0.39, 0.29) is 17.4 Å². The summed E-state index contributed by atoms with van der Waals surface area (Å²) in [5.74, 6) is -2.05. The highest BCUT2D eigenvalue weighted by molar-refractivity contribution is 6.32. The molecule has 8 nitrogen and oxygen atoms in total. The highest BCUT2D eigenvalue weighted by Gasteiger charge is 2.16. The number of hydrogen-bond donors (Lipinski definition) is 1. The zero-order valence-corrected chi connectivity index (χ0v) is 23.1. The third-order valence-electron chi connectivity index (χ3n) is 5.08. The fourth-order valence-corrected chi connectivity index (χ4v) is 3.57. The van der Waals surface area contributed by atoms with Crippen LogP contribution < -0.4 is 14.8 Å². The first-order valence-electron chi connectivity index (χ1n) is 18.9. The number of hydrogen-bond acceptors (Lipinski definition) is 8. The Bertz CT molecular complexity index is 2300. The average molecular weight is 584 g/mol. The van der Waals surface area contributed by atoms with Crippen molar-refractivity contribution in [3.63, 3.8) is 0 Å². The van der Waals surface area contributed by atoms with E-state index < -0.39 is 136 Å². The summed E-state index contributed by atoms with van der Waals surface area (Å²) < 4.78 is 128. The highest BCUT2D eigenvalue weighted by Crippen LogP contribution is 2.36. The number of halogens is 1. The van der Waals surface area contributed by atoms with Crippen molar-refractivity contribution < 1.29 is 33.5 Å². The fraction of sp³-hybridized carbons (Fsp3) is 0.250. The number of fused-ring (bicyclic) bond motifs is 1. The summed E-state index contributed by atoms with van der Waals surface area (Å²) in [4.78, 5) is 22.4. The minimum absolute atomic E-state index is 0.0760.